The summed E-state index contributed by atoms with van der Waals surface area (Å²) >= 11 is 0. The third-order valence-electron chi connectivity index (χ3n) is 3.62. The first kappa shape index (κ1) is 13.5. The van der Waals surface area contributed by atoms with Gasteiger partial charge in [0.2, 0.25) is 0 Å². The van der Waals surface area contributed by atoms with Crippen LogP contribution in [0.1, 0.15) is 39.5 Å². The summed E-state index contributed by atoms with van der Waals surface area (Å²) in [6.45, 7) is 6.57. The lowest BCUT2D eigenvalue weighted by atomic mass is 9.85. The molecule has 4 nitrogen and oxygen atoms in total. The maximum Gasteiger partial charge on any atom is 0.323 e. The number of carboxylic acid groups (broad SMARTS) is 1. The second kappa shape index (κ2) is 5.64. The maximum atomic E-state index is 10.9. The van der Waals surface area contributed by atoms with Crippen LogP contribution in [0.2, 0.25) is 0 Å². The second-order valence-electron chi connectivity index (χ2n) is 5.16. The molecule has 0 spiro atoms. The third kappa shape index (κ3) is 3.76. The molecule has 0 aromatic heterocycles. The number of carbonyl (C=O) groups is 1. The molecule has 1 aliphatic rings. The minimum atomic E-state index is -1.09. The molecule has 0 radical (unpaired) electrons. The van der Waals surface area contributed by atoms with Crippen LogP contribution < -0.4 is 5.73 Å². The standard InChI is InChI=1S/C12H24N2O2/c1-3-14(9-10-5-4-6-10)8-7-12(2,13)11(15)16/h10H,3-9,13H2,1-2H3,(H,15,16). The van der Waals surface area contributed by atoms with Gasteiger partial charge in [-0.05, 0) is 38.6 Å². The number of aliphatic carboxylic acids is 1. The molecule has 0 aliphatic heterocycles. The molecule has 1 saturated carbocycles. The number of carboxylic acids is 1. The van der Waals surface area contributed by atoms with E-state index in [2.05, 4.69) is 11.8 Å². The smallest absolute Gasteiger partial charge is 0.323 e. The summed E-state index contributed by atoms with van der Waals surface area (Å²) in [4.78, 5) is 13.2. The first-order valence-corrected chi connectivity index (χ1v) is 6.20. The van der Waals surface area contributed by atoms with E-state index in [9.17, 15) is 4.79 Å². The van der Waals surface area contributed by atoms with Crippen LogP contribution in [-0.2, 0) is 4.79 Å². The van der Waals surface area contributed by atoms with Crippen molar-refractivity contribution in [2.75, 3.05) is 19.6 Å². The number of nitrogens with two attached hydrogens (primary N) is 1. The van der Waals surface area contributed by atoms with Gasteiger partial charge >= 0.3 is 5.97 Å². The lowest BCUT2D eigenvalue weighted by Gasteiger charge is -2.33. The molecule has 1 fully saturated rings. The van der Waals surface area contributed by atoms with E-state index in [1.54, 1.807) is 6.92 Å². The monoisotopic (exact) mass is 228 g/mol. The zero-order valence-electron chi connectivity index (χ0n) is 10.4. The summed E-state index contributed by atoms with van der Waals surface area (Å²) in [5, 5.41) is 8.92. The van der Waals surface area contributed by atoms with Gasteiger partial charge in [-0.25, -0.2) is 0 Å². The zero-order valence-corrected chi connectivity index (χ0v) is 10.4. The van der Waals surface area contributed by atoms with E-state index in [1.165, 1.54) is 19.3 Å². The predicted octanol–water partition coefficient (Wildman–Crippen LogP) is 1.30. The van der Waals surface area contributed by atoms with Crippen LogP contribution in [0.15, 0.2) is 0 Å². The Bertz CT molecular complexity index is 237. The maximum absolute atomic E-state index is 10.9. The molecule has 0 amide bonds. The number of hydrogen-bond acceptors (Lipinski definition) is 3. The molecule has 0 bridgehead atoms. The normalized spacial score (nSPS) is 20.5. The van der Waals surface area contributed by atoms with Gasteiger partial charge in [-0.2, -0.15) is 0 Å². The molecule has 3 N–H and O–H groups in total. The highest BCUT2D eigenvalue weighted by Gasteiger charge is 2.28. The fourth-order valence-electron chi connectivity index (χ4n) is 1.92. The minimum Gasteiger partial charge on any atom is -0.480 e. The predicted molar refractivity (Wildman–Crippen MR) is 64.3 cm³/mol. The van der Waals surface area contributed by atoms with E-state index in [-0.39, 0.29) is 0 Å². The summed E-state index contributed by atoms with van der Waals surface area (Å²) in [7, 11) is 0. The minimum absolute atomic E-state index is 0.517. The Balaban J connectivity index is 2.29. The fourth-order valence-corrected chi connectivity index (χ4v) is 1.92. The first-order chi connectivity index (χ1) is 7.45. The number of nitrogens with zero attached hydrogens (tertiary/aromatic N) is 1. The van der Waals surface area contributed by atoms with E-state index < -0.39 is 11.5 Å². The van der Waals surface area contributed by atoms with E-state index in [4.69, 9.17) is 10.8 Å². The highest BCUT2D eigenvalue weighted by molar-refractivity contribution is 5.77. The van der Waals surface area contributed by atoms with Crippen molar-refractivity contribution in [3.63, 3.8) is 0 Å². The molecule has 1 atom stereocenters. The Hall–Kier alpha value is -0.610. The Morgan fingerprint density at radius 3 is 2.56 bits per heavy atom. The van der Waals surface area contributed by atoms with Crippen LogP contribution >= 0.6 is 0 Å². The lowest BCUT2D eigenvalue weighted by molar-refractivity contribution is -0.143. The van der Waals surface area contributed by atoms with Crippen molar-refractivity contribution in [3.05, 3.63) is 0 Å². The lowest BCUT2D eigenvalue weighted by Crippen LogP contribution is -2.47. The topological polar surface area (TPSA) is 66.6 Å². The van der Waals surface area contributed by atoms with Gasteiger partial charge in [-0.3, -0.25) is 4.79 Å². The van der Waals surface area contributed by atoms with Crippen LogP contribution in [0.25, 0.3) is 0 Å². The van der Waals surface area contributed by atoms with Gasteiger partial charge in [0.05, 0.1) is 0 Å². The molecular weight excluding hydrogens is 204 g/mol. The highest BCUT2D eigenvalue weighted by atomic mass is 16.4. The summed E-state index contributed by atoms with van der Waals surface area (Å²) in [6.07, 6.45) is 4.53. The van der Waals surface area contributed by atoms with Crippen LogP contribution in [0.5, 0.6) is 0 Å². The molecule has 0 saturated heterocycles. The van der Waals surface area contributed by atoms with Gasteiger partial charge in [0.1, 0.15) is 5.54 Å². The average Bonchev–Trinajstić information content (AvgIpc) is 2.15. The van der Waals surface area contributed by atoms with Crippen molar-refractivity contribution in [2.45, 2.75) is 45.1 Å². The van der Waals surface area contributed by atoms with Crippen molar-refractivity contribution < 1.29 is 9.90 Å². The summed E-state index contributed by atoms with van der Waals surface area (Å²) < 4.78 is 0. The first-order valence-electron chi connectivity index (χ1n) is 6.20. The van der Waals surface area contributed by atoms with Gasteiger partial charge in [-0.1, -0.05) is 13.3 Å². The molecule has 94 valence electrons. The number of rotatable bonds is 7. The third-order valence-corrected chi connectivity index (χ3v) is 3.62. The van der Waals surface area contributed by atoms with Crippen molar-refractivity contribution in [1.82, 2.24) is 4.90 Å². The molecule has 1 aliphatic carbocycles. The van der Waals surface area contributed by atoms with Crippen molar-refractivity contribution in [2.24, 2.45) is 11.7 Å². The van der Waals surface area contributed by atoms with Gasteiger partial charge < -0.3 is 15.7 Å². The molecule has 0 heterocycles. The Labute approximate surface area is 97.8 Å². The zero-order chi connectivity index (χ0) is 12.2. The molecule has 16 heavy (non-hydrogen) atoms. The molecule has 4 heteroatoms. The number of hydrogen-bond donors (Lipinski definition) is 2. The summed E-state index contributed by atoms with van der Waals surface area (Å²) in [6, 6.07) is 0. The van der Waals surface area contributed by atoms with Gasteiger partial charge in [0, 0.05) is 13.1 Å². The van der Waals surface area contributed by atoms with E-state index in [0.29, 0.717) is 6.42 Å². The quantitative estimate of drug-likeness (QED) is 0.689. The molecule has 1 unspecified atom stereocenters. The summed E-state index contributed by atoms with van der Waals surface area (Å²) in [5.41, 5.74) is 4.62. The molecule has 1 rings (SSSR count). The SMILES string of the molecule is CCN(CCC(C)(N)C(=O)O)CC1CCC1. The van der Waals surface area contributed by atoms with Crippen LogP contribution in [0.4, 0.5) is 0 Å². The van der Waals surface area contributed by atoms with Crippen LogP contribution in [0, 0.1) is 5.92 Å². The molecule has 0 aromatic carbocycles. The largest absolute Gasteiger partial charge is 0.480 e. The highest BCUT2D eigenvalue weighted by Crippen LogP contribution is 2.27. The van der Waals surface area contributed by atoms with E-state index in [1.807, 2.05) is 0 Å². The van der Waals surface area contributed by atoms with E-state index >= 15 is 0 Å². The molecule has 0 aromatic rings. The van der Waals surface area contributed by atoms with Gasteiger partial charge in [0.15, 0.2) is 0 Å². The Morgan fingerprint density at radius 2 is 2.19 bits per heavy atom. The Morgan fingerprint density at radius 1 is 1.56 bits per heavy atom. The van der Waals surface area contributed by atoms with Crippen molar-refractivity contribution in [1.29, 1.82) is 0 Å². The van der Waals surface area contributed by atoms with Gasteiger partial charge in [-0.15, -0.1) is 0 Å². The fraction of sp³-hybridized carbons (Fsp3) is 0.917. The second-order valence-corrected chi connectivity index (χ2v) is 5.16. The van der Waals surface area contributed by atoms with Crippen LogP contribution in [0.3, 0.4) is 0 Å². The average molecular weight is 228 g/mol. The summed E-state index contributed by atoms with van der Waals surface area (Å²) in [5.74, 6) is -0.0824. The molecular formula is C12H24N2O2. The van der Waals surface area contributed by atoms with Crippen LogP contribution in [-0.4, -0.2) is 41.1 Å². The van der Waals surface area contributed by atoms with Crippen molar-refractivity contribution in [3.8, 4) is 0 Å². The van der Waals surface area contributed by atoms with Crippen molar-refractivity contribution >= 4 is 5.97 Å². The van der Waals surface area contributed by atoms with E-state index in [0.717, 1.165) is 25.6 Å². The Kier molecular flexibility index (Phi) is 4.74. The van der Waals surface area contributed by atoms with Gasteiger partial charge in [0.25, 0.3) is 0 Å².